The summed E-state index contributed by atoms with van der Waals surface area (Å²) >= 11 is 0. The Morgan fingerprint density at radius 3 is 2.64 bits per heavy atom. The maximum atomic E-state index is 9.99. The number of hydrogen-bond acceptors (Lipinski definition) is 2. The Hall–Kier alpha value is -2.33. The summed E-state index contributed by atoms with van der Waals surface area (Å²) in [4.78, 5) is 0. The van der Waals surface area contributed by atoms with Crippen LogP contribution in [0.5, 0.6) is 11.5 Å². The van der Waals surface area contributed by atoms with Gasteiger partial charge in [-0.3, -0.25) is 0 Å². The van der Waals surface area contributed by atoms with Gasteiger partial charge in [0.2, 0.25) is 5.52 Å². The molecule has 0 radical (unpaired) electrons. The van der Waals surface area contributed by atoms with Gasteiger partial charge in [-0.25, -0.2) is 0 Å². The highest BCUT2D eigenvalue weighted by atomic mass is 79.9. The van der Waals surface area contributed by atoms with E-state index in [0.29, 0.717) is 5.75 Å². The van der Waals surface area contributed by atoms with E-state index in [4.69, 9.17) is 4.74 Å². The molecule has 22 heavy (non-hydrogen) atoms. The molecule has 2 heterocycles. The van der Waals surface area contributed by atoms with Crippen molar-refractivity contribution in [2.24, 2.45) is 0 Å². The zero-order chi connectivity index (χ0) is 14.4. The molecule has 4 rings (SSSR count). The standard InChI is InChI=1S/C18H13NO2.BrH/c1-21-14-6-5-12-7-8-19-11-16-13(3-2-4-18(16)20)9-17(19)15(12)10-14;/h2-11H,1H3;1H. The second-order valence-electron chi connectivity index (χ2n) is 5.11. The van der Waals surface area contributed by atoms with Gasteiger partial charge >= 0.3 is 0 Å². The third-order valence-corrected chi connectivity index (χ3v) is 3.91. The number of pyridine rings is 2. The minimum absolute atomic E-state index is 0. The Kier molecular flexibility index (Phi) is 3.62. The number of phenolic OH excluding ortho intramolecular Hbond substituents is 1. The number of phenols is 1. The summed E-state index contributed by atoms with van der Waals surface area (Å²) < 4.78 is 7.36. The smallest absolute Gasteiger partial charge is 0.219 e. The molecule has 110 valence electrons. The van der Waals surface area contributed by atoms with E-state index in [2.05, 4.69) is 18.2 Å². The maximum Gasteiger partial charge on any atom is 0.219 e. The quantitative estimate of drug-likeness (QED) is 0.305. The maximum absolute atomic E-state index is 9.99. The van der Waals surface area contributed by atoms with Gasteiger partial charge in [-0.05, 0) is 29.0 Å². The van der Waals surface area contributed by atoms with Crippen molar-refractivity contribution in [2.45, 2.75) is 0 Å². The summed E-state index contributed by atoms with van der Waals surface area (Å²) in [6.45, 7) is 0. The zero-order valence-electron chi connectivity index (χ0n) is 12.0. The zero-order valence-corrected chi connectivity index (χ0v) is 13.5. The molecule has 2 aromatic carbocycles. The molecule has 0 spiro atoms. The van der Waals surface area contributed by atoms with Crippen LogP contribution in [0.3, 0.4) is 0 Å². The summed E-state index contributed by atoms with van der Waals surface area (Å²) in [7, 11) is 1.67. The van der Waals surface area contributed by atoms with E-state index in [1.165, 1.54) is 0 Å². The van der Waals surface area contributed by atoms with Gasteiger partial charge in [0.15, 0.2) is 12.4 Å². The number of nitrogens with zero attached hydrogens (tertiary/aromatic N) is 1. The fourth-order valence-electron chi connectivity index (χ4n) is 2.80. The van der Waals surface area contributed by atoms with Crippen LogP contribution in [-0.2, 0) is 0 Å². The third-order valence-electron chi connectivity index (χ3n) is 3.91. The molecule has 0 fully saturated rings. The van der Waals surface area contributed by atoms with Gasteiger partial charge in [0.25, 0.3) is 0 Å². The van der Waals surface area contributed by atoms with Crippen LogP contribution in [0.15, 0.2) is 60.9 Å². The SMILES string of the molecule is COc1ccc2cc[n+]3cc4c(O)cccc4cc3c2c1.[Br-]. The van der Waals surface area contributed by atoms with Crippen LogP contribution in [0.2, 0.25) is 0 Å². The molecule has 0 unspecified atom stereocenters. The molecule has 1 N–H and O–H groups in total. The van der Waals surface area contributed by atoms with E-state index >= 15 is 0 Å². The van der Waals surface area contributed by atoms with Crippen LogP contribution >= 0.6 is 0 Å². The van der Waals surface area contributed by atoms with Crippen LogP contribution in [0.1, 0.15) is 0 Å². The lowest BCUT2D eigenvalue weighted by Crippen LogP contribution is -3.00. The number of benzene rings is 2. The van der Waals surface area contributed by atoms with E-state index in [-0.39, 0.29) is 17.0 Å². The molecule has 0 aliphatic rings. The van der Waals surface area contributed by atoms with Gasteiger partial charge in [-0.2, -0.15) is 4.40 Å². The van der Waals surface area contributed by atoms with E-state index in [0.717, 1.165) is 32.8 Å². The molecule has 4 aromatic rings. The predicted molar refractivity (Wildman–Crippen MR) is 82.8 cm³/mol. The van der Waals surface area contributed by atoms with Crippen molar-refractivity contribution < 1.29 is 31.2 Å². The van der Waals surface area contributed by atoms with Crippen LogP contribution in [0.4, 0.5) is 0 Å². The first-order valence-electron chi connectivity index (χ1n) is 6.80. The van der Waals surface area contributed by atoms with Crippen molar-refractivity contribution >= 4 is 27.1 Å². The normalized spacial score (nSPS) is 10.8. The van der Waals surface area contributed by atoms with Gasteiger partial charge in [-0.15, -0.1) is 0 Å². The number of aromatic hydroxyl groups is 1. The summed E-state index contributed by atoms with van der Waals surface area (Å²) in [5.41, 5.74) is 1.09. The van der Waals surface area contributed by atoms with Gasteiger partial charge in [0.05, 0.1) is 17.9 Å². The highest BCUT2D eigenvalue weighted by Gasteiger charge is 2.12. The molecule has 0 aliphatic carbocycles. The van der Waals surface area contributed by atoms with Gasteiger partial charge in [-0.1, -0.05) is 18.2 Å². The van der Waals surface area contributed by atoms with E-state index < -0.39 is 0 Å². The van der Waals surface area contributed by atoms with Crippen molar-refractivity contribution in [3.63, 3.8) is 0 Å². The van der Waals surface area contributed by atoms with Crippen molar-refractivity contribution in [1.82, 2.24) is 0 Å². The monoisotopic (exact) mass is 355 g/mol. The van der Waals surface area contributed by atoms with Crippen LogP contribution in [0, 0.1) is 0 Å². The Bertz CT molecular complexity index is 998. The lowest BCUT2D eigenvalue weighted by atomic mass is 10.1. The third kappa shape index (κ3) is 2.16. The average molecular weight is 356 g/mol. The van der Waals surface area contributed by atoms with Crippen LogP contribution in [0.25, 0.3) is 27.1 Å². The van der Waals surface area contributed by atoms with E-state index in [9.17, 15) is 5.11 Å². The van der Waals surface area contributed by atoms with Crippen molar-refractivity contribution in [2.75, 3.05) is 7.11 Å². The minimum atomic E-state index is 0. The Morgan fingerprint density at radius 2 is 1.82 bits per heavy atom. The molecule has 4 heteroatoms. The second kappa shape index (κ2) is 5.46. The first-order chi connectivity index (χ1) is 10.3. The largest absolute Gasteiger partial charge is 1.00 e. The molecular formula is C18H14BrNO2. The molecule has 0 atom stereocenters. The number of hydrogen-bond donors (Lipinski definition) is 1. The minimum Gasteiger partial charge on any atom is -1.00 e. The molecular weight excluding hydrogens is 342 g/mol. The fraction of sp³-hybridized carbons (Fsp3) is 0.0556. The summed E-state index contributed by atoms with van der Waals surface area (Å²) in [6.07, 6.45) is 3.97. The molecule has 2 aromatic heterocycles. The Balaban J connectivity index is 0.00000144. The molecule has 0 bridgehead atoms. The fourth-order valence-corrected chi connectivity index (χ4v) is 2.80. The lowest BCUT2D eigenvalue weighted by molar-refractivity contribution is -0.509. The van der Waals surface area contributed by atoms with Crippen LogP contribution < -0.4 is 26.1 Å². The van der Waals surface area contributed by atoms with E-state index in [1.54, 1.807) is 13.2 Å². The van der Waals surface area contributed by atoms with Crippen LogP contribution in [-0.4, -0.2) is 12.2 Å². The summed E-state index contributed by atoms with van der Waals surface area (Å²) in [6, 6.07) is 15.8. The number of fused-ring (bicyclic) bond motifs is 4. The second-order valence-corrected chi connectivity index (χ2v) is 5.11. The first kappa shape index (κ1) is 14.6. The lowest BCUT2D eigenvalue weighted by Gasteiger charge is -2.04. The predicted octanol–water partition coefficient (Wildman–Crippen LogP) is 0.450. The van der Waals surface area contributed by atoms with Crippen molar-refractivity contribution in [1.29, 1.82) is 0 Å². The number of methoxy groups -OCH3 is 1. The average Bonchev–Trinajstić information content (AvgIpc) is 2.53. The Morgan fingerprint density at radius 1 is 0.955 bits per heavy atom. The first-order valence-corrected chi connectivity index (χ1v) is 6.80. The molecule has 0 aliphatic heterocycles. The van der Waals surface area contributed by atoms with Gasteiger partial charge < -0.3 is 26.8 Å². The molecule has 0 saturated carbocycles. The summed E-state index contributed by atoms with van der Waals surface area (Å²) in [5.74, 6) is 1.14. The number of halogens is 1. The highest BCUT2D eigenvalue weighted by molar-refractivity contribution is 5.98. The van der Waals surface area contributed by atoms with E-state index in [1.807, 2.05) is 41.1 Å². The molecule has 0 saturated heterocycles. The molecule has 3 nitrogen and oxygen atoms in total. The Labute approximate surface area is 138 Å². The number of aromatic nitrogens is 1. The number of rotatable bonds is 1. The van der Waals surface area contributed by atoms with Crippen molar-refractivity contribution in [3.05, 3.63) is 60.9 Å². The highest BCUT2D eigenvalue weighted by Crippen LogP contribution is 2.27. The van der Waals surface area contributed by atoms with Gasteiger partial charge in [0, 0.05) is 12.1 Å². The topological polar surface area (TPSA) is 33.6 Å². The van der Waals surface area contributed by atoms with Gasteiger partial charge in [0.1, 0.15) is 11.5 Å². The summed E-state index contributed by atoms with van der Waals surface area (Å²) in [5, 5.41) is 14.1. The van der Waals surface area contributed by atoms with Crippen molar-refractivity contribution in [3.8, 4) is 11.5 Å². The molecule has 0 amide bonds. The number of ether oxygens (including phenoxy) is 1.